The highest BCUT2D eigenvalue weighted by atomic mass is 16.5. The van der Waals surface area contributed by atoms with E-state index in [1.54, 1.807) is 6.07 Å². The molecular formula is C18H23N3O2. The lowest BCUT2D eigenvalue weighted by Gasteiger charge is -2.35. The van der Waals surface area contributed by atoms with E-state index in [4.69, 9.17) is 4.52 Å². The van der Waals surface area contributed by atoms with Crippen molar-refractivity contribution in [1.29, 1.82) is 0 Å². The third-order valence-corrected chi connectivity index (χ3v) is 4.43. The second kappa shape index (κ2) is 6.96. The molecule has 0 bridgehead atoms. The average Bonchev–Trinajstić information content (AvgIpc) is 2.95. The van der Waals surface area contributed by atoms with E-state index in [1.807, 2.05) is 37.3 Å². The van der Waals surface area contributed by atoms with Gasteiger partial charge in [-0.05, 0) is 44.3 Å². The maximum Gasteiger partial charge on any atom is 0.247 e. The lowest BCUT2D eigenvalue weighted by molar-refractivity contribution is -0.122. The van der Waals surface area contributed by atoms with Crippen molar-refractivity contribution in [2.75, 3.05) is 18.4 Å². The number of hydrogen-bond donors (Lipinski definition) is 1. The quantitative estimate of drug-likeness (QED) is 0.940. The summed E-state index contributed by atoms with van der Waals surface area (Å²) in [5.74, 6) is 1.82. The maximum absolute atomic E-state index is 12.9. The van der Waals surface area contributed by atoms with E-state index in [9.17, 15) is 4.79 Å². The van der Waals surface area contributed by atoms with Crippen molar-refractivity contribution in [3.05, 3.63) is 47.7 Å². The third-order valence-electron chi connectivity index (χ3n) is 4.43. The molecule has 1 aromatic carbocycles. The standard InChI is InChI=1S/C18H23N3O2/c1-13-8-10-21(11-9-13)17(15-6-4-3-5-7-15)18(22)19-16-12-14(2)23-20-16/h3-7,12-13,17H,8-11H2,1-2H3,(H,19,20,22). The van der Waals surface area contributed by atoms with Gasteiger partial charge in [0.1, 0.15) is 11.8 Å². The van der Waals surface area contributed by atoms with Gasteiger partial charge in [0.2, 0.25) is 5.91 Å². The van der Waals surface area contributed by atoms with Gasteiger partial charge in [0.15, 0.2) is 5.82 Å². The van der Waals surface area contributed by atoms with Crippen LogP contribution in [-0.4, -0.2) is 29.1 Å². The molecule has 122 valence electrons. The topological polar surface area (TPSA) is 58.4 Å². The largest absolute Gasteiger partial charge is 0.360 e. The molecule has 1 aliphatic rings. The molecule has 3 rings (SSSR count). The summed E-state index contributed by atoms with van der Waals surface area (Å²) in [5, 5.41) is 6.75. The number of amides is 1. The number of piperidine rings is 1. The predicted octanol–water partition coefficient (Wildman–Crippen LogP) is 3.39. The molecule has 0 radical (unpaired) electrons. The van der Waals surface area contributed by atoms with Crippen molar-refractivity contribution in [3.8, 4) is 0 Å². The Labute approximate surface area is 136 Å². The summed E-state index contributed by atoms with van der Waals surface area (Å²) in [6, 6.07) is 11.4. The Balaban J connectivity index is 1.81. The van der Waals surface area contributed by atoms with Crippen LogP contribution in [-0.2, 0) is 4.79 Å². The summed E-state index contributed by atoms with van der Waals surface area (Å²) in [6.07, 6.45) is 2.25. The van der Waals surface area contributed by atoms with Crippen LogP contribution >= 0.6 is 0 Å². The van der Waals surface area contributed by atoms with Crippen molar-refractivity contribution >= 4 is 11.7 Å². The molecule has 0 spiro atoms. The molecule has 1 aromatic heterocycles. The van der Waals surface area contributed by atoms with Gasteiger partial charge in [0, 0.05) is 6.07 Å². The highest BCUT2D eigenvalue weighted by Gasteiger charge is 2.30. The number of benzene rings is 1. The number of aromatic nitrogens is 1. The Kier molecular flexibility index (Phi) is 4.76. The van der Waals surface area contributed by atoms with Crippen LogP contribution < -0.4 is 5.32 Å². The molecule has 1 saturated heterocycles. The first-order valence-electron chi connectivity index (χ1n) is 8.16. The van der Waals surface area contributed by atoms with Crippen molar-refractivity contribution < 1.29 is 9.32 Å². The van der Waals surface area contributed by atoms with Crippen LogP contribution in [0.5, 0.6) is 0 Å². The van der Waals surface area contributed by atoms with E-state index in [-0.39, 0.29) is 11.9 Å². The van der Waals surface area contributed by atoms with E-state index in [1.165, 1.54) is 0 Å². The number of nitrogens with zero attached hydrogens (tertiary/aromatic N) is 2. The zero-order chi connectivity index (χ0) is 16.2. The molecule has 1 atom stereocenters. The fourth-order valence-corrected chi connectivity index (χ4v) is 3.07. The molecule has 5 heteroatoms. The van der Waals surface area contributed by atoms with E-state index in [2.05, 4.69) is 22.3 Å². The molecule has 2 aromatic rings. The molecule has 23 heavy (non-hydrogen) atoms. The zero-order valence-electron chi connectivity index (χ0n) is 13.7. The van der Waals surface area contributed by atoms with Crippen LogP contribution in [0.3, 0.4) is 0 Å². The SMILES string of the molecule is Cc1cc(NC(=O)C(c2ccccc2)N2CCC(C)CC2)no1. The molecule has 1 N–H and O–H groups in total. The number of aryl methyl sites for hydroxylation is 1. The number of hydrogen-bond acceptors (Lipinski definition) is 4. The monoisotopic (exact) mass is 313 g/mol. The summed E-state index contributed by atoms with van der Waals surface area (Å²) in [4.78, 5) is 15.1. The van der Waals surface area contributed by atoms with Gasteiger partial charge in [0.25, 0.3) is 0 Å². The lowest BCUT2D eigenvalue weighted by atomic mass is 9.95. The molecule has 1 aliphatic heterocycles. The minimum Gasteiger partial charge on any atom is -0.360 e. The van der Waals surface area contributed by atoms with Crippen LogP contribution in [0.15, 0.2) is 40.9 Å². The van der Waals surface area contributed by atoms with Crippen molar-refractivity contribution in [2.24, 2.45) is 5.92 Å². The molecule has 0 aliphatic carbocycles. The maximum atomic E-state index is 12.9. The van der Waals surface area contributed by atoms with Gasteiger partial charge < -0.3 is 9.84 Å². The van der Waals surface area contributed by atoms with Gasteiger partial charge in [0.05, 0.1) is 0 Å². The minimum absolute atomic E-state index is 0.0564. The summed E-state index contributed by atoms with van der Waals surface area (Å²) in [6.45, 7) is 5.95. The second-order valence-corrected chi connectivity index (χ2v) is 6.34. The number of rotatable bonds is 4. The van der Waals surface area contributed by atoms with E-state index in [0.717, 1.165) is 37.4 Å². The van der Waals surface area contributed by atoms with E-state index in [0.29, 0.717) is 11.6 Å². The Hall–Kier alpha value is -2.14. The lowest BCUT2D eigenvalue weighted by Crippen LogP contribution is -2.41. The summed E-state index contributed by atoms with van der Waals surface area (Å²) < 4.78 is 5.03. The number of nitrogens with one attached hydrogen (secondary N) is 1. The molecule has 1 fully saturated rings. The Morgan fingerprint density at radius 1 is 1.30 bits per heavy atom. The number of carbonyl (C=O) groups excluding carboxylic acids is 1. The van der Waals surface area contributed by atoms with Crippen molar-refractivity contribution in [2.45, 2.75) is 32.7 Å². The van der Waals surface area contributed by atoms with Gasteiger partial charge in [-0.15, -0.1) is 0 Å². The first-order chi connectivity index (χ1) is 11.1. The van der Waals surface area contributed by atoms with Crippen LogP contribution in [0.4, 0.5) is 5.82 Å². The Bertz CT molecular complexity index is 645. The summed E-state index contributed by atoms with van der Waals surface area (Å²) in [7, 11) is 0. The number of carbonyl (C=O) groups is 1. The number of anilines is 1. The van der Waals surface area contributed by atoms with Crippen molar-refractivity contribution in [3.63, 3.8) is 0 Å². The molecule has 2 heterocycles. The molecule has 0 saturated carbocycles. The van der Waals surface area contributed by atoms with Gasteiger partial charge in [-0.2, -0.15) is 0 Å². The summed E-state index contributed by atoms with van der Waals surface area (Å²) >= 11 is 0. The Morgan fingerprint density at radius 2 is 2.00 bits per heavy atom. The zero-order valence-corrected chi connectivity index (χ0v) is 13.7. The second-order valence-electron chi connectivity index (χ2n) is 6.34. The van der Waals surface area contributed by atoms with Gasteiger partial charge in [-0.3, -0.25) is 9.69 Å². The highest BCUT2D eigenvalue weighted by molar-refractivity contribution is 5.94. The van der Waals surface area contributed by atoms with E-state index >= 15 is 0 Å². The molecule has 1 amide bonds. The van der Waals surface area contributed by atoms with E-state index < -0.39 is 0 Å². The summed E-state index contributed by atoms with van der Waals surface area (Å²) in [5.41, 5.74) is 1.01. The van der Waals surface area contributed by atoms with Gasteiger partial charge >= 0.3 is 0 Å². The third kappa shape index (κ3) is 3.79. The molecule has 5 nitrogen and oxygen atoms in total. The highest BCUT2D eigenvalue weighted by Crippen LogP contribution is 2.28. The van der Waals surface area contributed by atoms with Gasteiger partial charge in [-0.25, -0.2) is 0 Å². The van der Waals surface area contributed by atoms with Crippen LogP contribution in [0.1, 0.15) is 37.1 Å². The van der Waals surface area contributed by atoms with Crippen LogP contribution in [0.25, 0.3) is 0 Å². The smallest absolute Gasteiger partial charge is 0.247 e. The average molecular weight is 313 g/mol. The molecular weight excluding hydrogens is 290 g/mol. The normalized spacial score (nSPS) is 17.8. The van der Waals surface area contributed by atoms with Crippen LogP contribution in [0, 0.1) is 12.8 Å². The van der Waals surface area contributed by atoms with Crippen LogP contribution in [0.2, 0.25) is 0 Å². The fraction of sp³-hybridized carbons (Fsp3) is 0.444. The fourth-order valence-electron chi connectivity index (χ4n) is 3.07. The Morgan fingerprint density at radius 3 is 2.61 bits per heavy atom. The first kappa shape index (κ1) is 15.7. The predicted molar refractivity (Wildman–Crippen MR) is 89.0 cm³/mol. The number of likely N-dealkylation sites (tertiary alicyclic amines) is 1. The minimum atomic E-state index is -0.291. The molecule has 1 unspecified atom stereocenters. The first-order valence-corrected chi connectivity index (χ1v) is 8.16. The van der Waals surface area contributed by atoms with Crippen molar-refractivity contribution in [1.82, 2.24) is 10.1 Å². The van der Waals surface area contributed by atoms with Gasteiger partial charge in [-0.1, -0.05) is 42.4 Å².